The van der Waals surface area contributed by atoms with E-state index in [0.717, 1.165) is 35.4 Å². The zero-order valence-corrected chi connectivity index (χ0v) is 13.4. The maximum absolute atomic E-state index is 12.2. The molecule has 0 unspecified atom stereocenters. The van der Waals surface area contributed by atoms with Crippen LogP contribution >= 0.6 is 0 Å². The number of hydrogen-bond acceptors (Lipinski definition) is 6. The number of pyridine rings is 1. The largest absolute Gasteiger partial charge is 0.497 e. The molecule has 0 atom stereocenters. The second-order valence-electron chi connectivity index (χ2n) is 5.59. The molecule has 1 aliphatic carbocycles. The van der Waals surface area contributed by atoms with Gasteiger partial charge in [0.1, 0.15) is 11.3 Å². The van der Waals surface area contributed by atoms with E-state index in [2.05, 4.69) is 15.5 Å². The van der Waals surface area contributed by atoms with Gasteiger partial charge in [-0.15, -0.1) is 5.10 Å². The third-order valence-electron chi connectivity index (χ3n) is 4.27. The van der Waals surface area contributed by atoms with Crippen molar-refractivity contribution in [3.8, 4) is 17.0 Å². The highest BCUT2D eigenvalue weighted by molar-refractivity contribution is 5.97. The molecule has 2 aromatic heterocycles. The molecule has 2 heterocycles. The Balaban J connectivity index is 1.95. The molecule has 0 spiro atoms. The van der Waals surface area contributed by atoms with Gasteiger partial charge in [0.2, 0.25) is 0 Å². The summed E-state index contributed by atoms with van der Waals surface area (Å²) < 4.78 is 12.1. The van der Waals surface area contributed by atoms with Gasteiger partial charge in [0.25, 0.3) is 0 Å². The lowest BCUT2D eigenvalue weighted by atomic mass is 9.88. The summed E-state index contributed by atoms with van der Waals surface area (Å²) in [4.78, 5) is 12.2. The molecule has 0 amide bonds. The molecule has 1 aliphatic rings. The number of rotatable bonds is 3. The topological polar surface area (TPSA) is 78.6 Å². The quantitative estimate of drug-likeness (QED) is 0.686. The number of hydrogen-bond donors (Lipinski definition) is 0. The van der Waals surface area contributed by atoms with Crippen LogP contribution in [0.15, 0.2) is 24.3 Å². The van der Waals surface area contributed by atoms with Gasteiger partial charge in [-0.2, -0.15) is 4.52 Å². The summed E-state index contributed by atoms with van der Waals surface area (Å²) >= 11 is 0. The van der Waals surface area contributed by atoms with Crippen LogP contribution < -0.4 is 4.74 Å². The first kappa shape index (κ1) is 14.6. The van der Waals surface area contributed by atoms with Gasteiger partial charge in [0.05, 0.1) is 19.4 Å². The zero-order valence-electron chi connectivity index (χ0n) is 13.4. The summed E-state index contributed by atoms with van der Waals surface area (Å²) in [5, 5.41) is 11.9. The number of carbonyl (C=O) groups is 1. The van der Waals surface area contributed by atoms with Crippen molar-refractivity contribution >= 4 is 11.6 Å². The second-order valence-corrected chi connectivity index (χ2v) is 5.59. The Morgan fingerprint density at radius 3 is 2.88 bits per heavy atom. The van der Waals surface area contributed by atoms with Crippen molar-refractivity contribution in [2.24, 2.45) is 0 Å². The molecule has 4 rings (SSSR count). The number of esters is 1. The first-order valence-corrected chi connectivity index (χ1v) is 7.81. The molecule has 3 aromatic rings. The van der Waals surface area contributed by atoms with E-state index in [4.69, 9.17) is 9.47 Å². The number of fused-ring (bicyclic) bond motifs is 5. The fourth-order valence-electron chi connectivity index (χ4n) is 3.19. The molecule has 1 aromatic carbocycles. The predicted octanol–water partition coefficient (Wildman–Crippen LogP) is 2.08. The highest BCUT2D eigenvalue weighted by Crippen LogP contribution is 2.36. The van der Waals surface area contributed by atoms with Crippen molar-refractivity contribution in [1.82, 2.24) is 20.0 Å². The standard InChI is InChI=1S/C17H16N4O3/c1-3-24-17(22)14-9-11-5-4-10-8-12(23-2)6-7-13(10)15(11)21-16(14)18-19-20-21/h6-9H,3-5H2,1-2H3. The van der Waals surface area contributed by atoms with Crippen LogP contribution in [0.25, 0.3) is 16.9 Å². The summed E-state index contributed by atoms with van der Waals surface area (Å²) in [6, 6.07) is 7.82. The van der Waals surface area contributed by atoms with E-state index in [9.17, 15) is 4.79 Å². The van der Waals surface area contributed by atoms with Gasteiger partial charge < -0.3 is 9.47 Å². The van der Waals surface area contributed by atoms with E-state index in [0.29, 0.717) is 17.8 Å². The Morgan fingerprint density at radius 2 is 2.08 bits per heavy atom. The van der Waals surface area contributed by atoms with Crippen LogP contribution in [0.2, 0.25) is 0 Å². The van der Waals surface area contributed by atoms with Gasteiger partial charge >= 0.3 is 5.97 Å². The summed E-state index contributed by atoms with van der Waals surface area (Å²) in [5.74, 6) is 0.425. The fourth-order valence-corrected chi connectivity index (χ4v) is 3.19. The Bertz CT molecular complexity index is 948. The van der Waals surface area contributed by atoms with Gasteiger partial charge in [-0.1, -0.05) is 0 Å². The summed E-state index contributed by atoms with van der Waals surface area (Å²) in [6.45, 7) is 2.09. The van der Waals surface area contributed by atoms with Crippen LogP contribution in [0.5, 0.6) is 5.75 Å². The molecule has 7 nitrogen and oxygen atoms in total. The molecule has 0 radical (unpaired) electrons. The third kappa shape index (κ3) is 2.12. The maximum atomic E-state index is 12.2. The van der Waals surface area contributed by atoms with Gasteiger partial charge in [0, 0.05) is 5.56 Å². The lowest BCUT2D eigenvalue weighted by molar-refractivity contribution is 0.0528. The number of nitrogens with zero attached hydrogens (tertiary/aromatic N) is 4. The van der Waals surface area contributed by atoms with Crippen LogP contribution in [0.1, 0.15) is 28.4 Å². The first-order valence-electron chi connectivity index (χ1n) is 7.81. The highest BCUT2D eigenvalue weighted by Gasteiger charge is 2.25. The smallest absolute Gasteiger partial charge is 0.342 e. The summed E-state index contributed by atoms with van der Waals surface area (Å²) in [6.07, 6.45) is 1.67. The van der Waals surface area contributed by atoms with Crippen molar-refractivity contribution in [2.75, 3.05) is 13.7 Å². The monoisotopic (exact) mass is 324 g/mol. The van der Waals surface area contributed by atoms with Crippen LogP contribution in [0, 0.1) is 0 Å². The van der Waals surface area contributed by atoms with E-state index >= 15 is 0 Å². The van der Waals surface area contributed by atoms with Crippen LogP contribution in [0.4, 0.5) is 0 Å². The molecule has 0 aliphatic heterocycles. The fraction of sp³-hybridized carbons (Fsp3) is 0.294. The molecular weight excluding hydrogens is 308 g/mol. The molecular formula is C17H16N4O3. The first-order chi connectivity index (χ1) is 11.7. The minimum Gasteiger partial charge on any atom is -0.497 e. The van der Waals surface area contributed by atoms with Crippen LogP contribution in [-0.2, 0) is 17.6 Å². The molecule has 0 fully saturated rings. The molecule has 0 saturated heterocycles. The van der Waals surface area contributed by atoms with E-state index in [1.165, 1.54) is 5.56 Å². The average Bonchev–Trinajstić information content (AvgIpc) is 3.09. The molecule has 24 heavy (non-hydrogen) atoms. The van der Waals surface area contributed by atoms with E-state index < -0.39 is 5.97 Å². The van der Waals surface area contributed by atoms with Gasteiger partial charge in [-0.25, -0.2) is 4.79 Å². The Morgan fingerprint density at radius 1 is 1.25 bits per heavy atom. The molecule has 0 N–H and O–H groups in total. The summed E-state index contributed by atoms with van der Waals surface area (Å²) in [5.41, 5.74) is 5.02. The van der Waals surface area contributed by atoms with Crippen molar-refractivity contribution in [2.45, 2.75) is 19.8 Å². The van der Waals surface area contributed by atoms with Gasteiger partial charge in [-0.3, -0.25) is 0 Å². The number of aryl methyl sites for hydroxylation is 2. The molecule has 7 heteroatoms. The number of methoxy groups -OCH3 is 1. The maximum Gasteiger partial charge on any atom is 0.342 e. The highest BCUT2D eigenvalue weighted by atomic mass is 16.5. The predicted molar refractivity (Wildman–Crippen MR) is 86.1 cm³/mol. The van der Waals surface area contributed by atoms with Crippen molar-refractivity contribution in [1.29, 1.82) is 0 Å². The number of aromatic nitrogens is 4. The van der Waals surface area contributed by atoms with Crippen LogP contribution in [0.3, 0.4) is 0 Å². The Hall–Kier alpha value is -2.96. The number of carbonyl (C=O) groups excluding carboxylic acids is 1. The average molecular weight is 324 g/mol. The minimum absolute atomic E-state index is 0.312. The number of benzene rings is 1. The van der Waals surface area contributed by atoms with Gasteiger partial charge in [0.15, 0.2) is 5.65 Å². The van der Waals surface area contributed by atoms with E-state index in [-0.39, 0.29) is 0 Å². The third-order valence-corrected chi connectivity index (χ3v) is 4.27. The minimum atomic E-state index is -0.402. The Kier molecular flexibility index (Phi) is 3.41. The molecule has 0 saturated carbocycles. The number of ether oxygens (including phenoxy) is 2. The Labute approximate surface area is 138 Å². The normalized spacial score (nSPS) is 12.6. The lowest BCUT2D eigenvalue weighted by Crippen LogP contribution is -2.14. The summed E-state index contributed by atoms with van der Waals surface area (Å²) in [7, 11) is 1.66. The van der Waals surface area contributed by atoms with Crippen molar-refractivity contribution in [3.63, 3.8) is 0 Å². The SMILES string of the molecule is CCOC(=O)c1cc2c(n3nnnc13)-c1ccc(OC)cc1CC2. The van der Waals surface area contributed by atoms with Crippen molar-refractivity contribution in [3.05, 3.63) is 41.0 Å². The lowest BCUT2D eigenvalue weighted by Gasteiger charge is -2.21. The van der Waals surface area contributed by atoms with Crippen molar-refractivity contribution < 1.29 is 14.3 Å². The van der Waals surface area contributed by atoms with Gasteiger partial charge in [-0.05, 0) is 65.6 Å². The number of tetrazole rings is 1. The van der Waals surface area contributed by atoms with Crippen LogP contribution in [-0.4, -0.2) is 39.7 Å². The molecule has 0 bridgehead atoms. The zero-order chi connectivity index (χ0) is 16.7. The molecule has 122 valence electrons. The second kappa shape index (κ2) is 5.59. The van der Waals surface area contributed by atoms with E-state index in [1.807, 2.05) is 24.3 Å². The van der Waals surface area contributed by atoms with E-state index in [1.54, 1.807) is 18.5 Å².